The van der Waals surface area contributed by atoms with Gasteiger partial charge in [-0.05, 0) is 43.0 Å². The lowest BCUT2D eigenvalue weighted by Gasteiger charge is -2.33. The Hall–Kier alpha value is -1.72. The van der Waals surface area contributed by atoms with Gasteiger partial charge in [-0.15, -0.1) is 0 Å². The van der Waals surface area contributed by atoms with Crippen molar-refractivity contribution in [1.82, 2.24) is 4.90 Å². The van der Waals surface area contributed by atoms with Crippen molar-refractivity contribution in [3.63, 3.8) is 0 Å². The molecular weight excluding hydrogens is 306 g/mol. The summed E-state index contributed by atoms with van der Waals surface area (Å²) < 4.78 is 10.6. The summed E-state index contributed by atoms with van der Waals surface area (Å²) in [5.74, 6) is 1.04. The van der Waals surface area contributed by atoms with Crippen LogP contribution in [0.1, 0.15) is 24.8 Å². The lowest BCUT2D eigenvalue weighted by atomic mass is 10.0. The van der Waals surface area contributed by atoms with Crippen LogP contribution in [0.5, 0.6) is 11.5 Å². The van der Waals surface area contributed by atoms with Gasteiger partial charge in [-0.1, -0.05) is 11.6 Å². The zero-order valence-electron chi connectivity index (χ0n) is 12.1. The van der Waals surface area contributed by atoms with Crippen molar-refractivity contribution < 1.29 is 19.4 Å². The SMILES string of the molecule is O=C(C=Cc1cc(Cl)c2c(c1)OCO2)N1CCCC[C@@H]1CO. The number of hydrogen-bond donors (Lipinski definition) is 1. The normalized spacial score (nSPS) is 20.6. The molecule has 0 aliphatic carbocycles. The van der Waals surface area contributed by atoms with E-state index in [1.165, 1.54) is 6.08 Å². The minimum atomic E-state index is -0.0902. The molecule has 0 saturated carbocycles. The van der Waals surface area contributed by atoms with Gasteiger partial charge in [0.15, 0.2) is 11.5 Å². The van der Waals surface area contributed by atoms with E-state index >= 15 is 0 Å². The van der Waals surface area contributed by atoms with Crippen molar-refractivity contribution in [2.45, 2.75) is 25.3 Å². The minimum Gasteiger partial charge on any atom is -0.454 e. The molecule has 0 aromatic heterocycles. The molecule has 22 heavy (non-hydrogen) atoms. The van der Waals surface area contributed by atoms with Gasteiger partial charge in [0.1, 0.15) is 0 Å². The van der Waals surface area contributed by atoms with Gasteiger partial charge in [0, 0.05) is 12.6 Å². The molecule has 5 nitrogen and oxygen atoms in total. The Morgan fingerprint density at radius 3 is 3.09 bits per heavy atom. The average Bonchev–Trinajstić information content (AvgIpc) is 3.01. The van der Waals surface area contributed by atoms with Gasteiger partial charge < -0.3 is 19.5 Å². The number of carbonyl (C=O) groups is 1. The summed E-state index contributed by atoms with van der Waals surface area (Å²) in [5, 5.41) is 9.84. The van der Waals surface area contributed by atoms with E-state index in [2.05, 4.69) is 0 Å². The molecule has 2 aliphatic rings. The van der Waals surface area contributed by atoms with Crippen molar-refractivity contribution in [3.05, 3.63) is 28.8 Å². The standard InChI is InChI=1S/C16H18ClNO4/c17-13-7-11(8-14-16(13)22-10-21-14)4-5-15(20)18-6-2-1-3-12(18)9-19/h4-5,7-8,12,19H,1-3,6,9-10H2/t12-/m1/s1. The van der Waals surface area contributed by atoms with E-state index < -0.39 is 0 Å². The molecular formula is C16H18ClNO4. The first-order chi connectivity index (χ1) is 10.7. The lowest BCUT2D eigenvalue weighted by Crippen LogP contribution is -2.44. The summed E-state index contributed by atoms with van der Waals surface area (Å²) in [6.07, 6.45) is 6.11. The second kappa shape index (κ2) is 6.58. The molecule has 1 aromatic rings. The largest absolute Gasteiger partial charge is 0.454 e. The number of amides is 1. The highest BCUT2D eigenvalue weighted by atomic mass is 35.5. The van der Waals surface area contributed by atoms with Crippen LogP contribution in [0.2, 0.25) is 5.02 Å². The molecule has 6 heteroatoms. The maximum Gasteiger partial charge on any atom is 0.246 e. The first-order valence-electron chi connectivity index (χ1n) is 7.37. The lowest BCUT2D eigenvalue weighted by molar-refractivity contribution is -0.130. The van der Waals surface area contributed by atoms with E-state index in [9.17, 15) is 9.90 Å². The van der Waals surface area contributed by atoms with E-state index in [4.69, 9.17) is 21.1 Å². The number of piperidine rings is 1. The molecule has 0 bridgehead atoms. The van der Waals surface area contributed by atoms with Gasteiger partial charge >= 0.3 is 0 Å². The molecule has 1 aromatic carbocycles. The number of rotatable bonds is 3. The predicted molar refractivity (Wildman–Crippen MR) is 83.0 cm³/mol. The number of aliphatic hydroxyl groups is 1. The Morgan fingerprint density at radius 2 is 2.27 bits per heavy atom. The van der Waals surface area contributed by atoms with Crippen LogP contribution in [0.3, 0.4) is 0 Å². The summed E-state index contributed by atoms with van der Waals surface area (Å²) in [5.41, 5.74) is 0.778. The molecule has 118 valence electrons. The number of hydrogen-bond acceptors (Lipinski definition) is 4. The number of carbonyl (C=O) groups excluding carboxylic acids is 1. The number of fused-ring (bicyclic) bond motifs is 1. The van der Waals surface area contributed by atoms with Crippen LogP contribution < -0.4 is 9.47 Å². The van der Waals surface area contributed by atoms with Crippen LogP contribution in [0.15, 0.2) is 18.2 Å². The van der Waals surface area contributed by atoms with E-state index in [-0.39, 0.29) is 25.3 Å². The monoisotopic (exact) mass is 323 g/mol. The third kappa shape index (κ3) is 3.05. The zero-order valence-corrected chi connectivity index (χ0v) is 12.9. The third-order valence-corrected chi connectivity index (χ3v) is 4.27. The van der Waals surface area contributed by atoms with Crippen molar-refractivity contribution in [1.29, 1.82) is 0 Å². The van der Waals surface area contributed by atoms with E-state index in [1.54, 1.807) is 23.1 Å². The highest BCUT2D eigenvalue weighted by Gasteiger charge is 2.24. The summed E-state index contributed by atoms with van der Waals surface area (Å²) in [6.45, 7) is 0.860. The Balaban J connectivity index is 1.73. The van der Waals surface area contributed by atoms with Crippen LogP contribution >= 0.6 is 11.6 Å². The molecule has 2 aliphatic heterocycles. The molecule has 0 unspecified atom stereocenters. The van der Waals surface area contributed by atoms with Crippen LogP contribution in [0.25, 0.3) is 6.08 Å². The first kappa shape index (κ1) is 15.2. The minimum absolute atomic E-state index is 0.00936. The topological polar surface area (TPSA) is 59.0 Å². The highest BCUT2D eigenvalue weighted by molar-refractivity contribution is 6.32. The number of ether oxygens (including phenoxy) is 2. The van der Waals surface area contributed by atoms with E-state index in [0.29, 0.717) is 23.1 Å². The van der Waals surface area contributed by atoms with E-state index in [1.807, 2.05) is 0 Å². The predicted octanol–water partition coefficient (Wildman–Crippen LogP) is 2.46. The maximum atomic E-state index is 12.3. The number of benzene rings is 1. The molecule has 1 N–H and O–H groups in total. The van der Waals surface area contributed by atoms with Crippen molar-refractivity contribution >= 4 is 23.6 Å². The zero-order chi connectivity index (χ0) is 15.5. The Kier molecular flexibility index (Phi) is 4.55. The maximum absolute atomic E-state index is 12.3. The Bertz CT molecular complexity index is 602. The van der Waals surface area contributed by atoms with Crippen molar-refractivity contribution in [2.24, 2.45) is 0 Å². The second-order valence-corrected chi connectivity index (χ2v) is 5.84. The third-order valence-electron chi connectivity index (χ3n) is 3.99. The van der Waals surface area contributed by atoms with Gasteiger partial charge in [0.2, 0.25) is 12.7 Å². The average molecular weight is 324 g/mol. The Labute approximate surface area is 134 Å². The van der Waals surface area contributed by atoms with Gasteiger partial charge in [0.25, 0.3) is 0 Å². The number of nitrogens with zero attached hydrogens (tertiary/aromatic N) is 1. The molecule has 0 spiro atoms. The first-order valence-corrected chi connectivity index (χ1v) is 7.75. The molecule has 3 rings (SSSR count). The Morgan fingerprint density at radius 1 is 1.41 bits per heavy atom. The fraction of sp³-hybridized carbons (Fsp3) is 0.438. The fourth-order valence-electron chi connectivity index (χ4n) is 2.83. The van der Waals surface area contributed by atoms with Gasteiger partial charge in [-0.2, -0.15) is 0 Å². The van der Waals surface area contributed by atoms with Crippen molar-refractivity contribution in [2.75, 3.05) is 19.9 Å². The van der Waals surface area contributed by atoms with Crippen molar-refractivity contribution in [3.8, 4) is 11.5 Å². The number of halogens is 1. The second-order valence-electron chi connectivity index (χ2n) is 5.43. The number of aliphatic hydroxyl groups excluding tert-OH is 1. The quantitative estimate of drug-likeness (QED) is 0.868. The summed E-state index contributed by atoms with van der Waals surface area (Å²) in [7, 11) is 0. The fourth-order valence-corrected chi connectivity index (χ4v) is 3.10. The molecule has 1 amide bonds. The molecule has 1 atom stereocenters. The molecule has 1 saturated heterocycles. The van der Waals surface area contributed by atoms with Gasteiger partial charge in [-0.3, -0.25) is 4.79 Å². The van der Waals surface area contributed by atoms with Crippen LogP contribution in [0, 0.1) is 0 Å². The van der Waals surface area contributed by atoms with Crippen LogP contribution in [-0.4, -0.2) is 41.9 Å². The molecule has 1 fully saturated rings. The highest BCUT2D eigenvalue weighted by Crippen LogP contribution is 2.40. The molecule has 2 heterocycles. The van der Waals surface area contributed by atoms with Crippen LogP contribution in [-0.2, 0) is 4.79 Å². The van der Waals surface area contributed by atoms with E-state index in [0.717, 1.165) is 24.8 Å². The van der Waals surface area contributed by atoms with Crippen LogP contribution in [0.4, 0.5) is 0 Å². The van der Waals surface area contributed by atoms with Gasteiger partial charge in [-0.25, -0.2) is 0 Å². The molecule has 0 radical (unpaired) electrons. The summed E-state index contributed by atoms with van der Waals surface area (Å²) >= 11 is 6.12. The van der Waals surface area contributed by atoms with Gasteiger partial charge in [0.05, 0.1) is 17.7 Å². The number of likely N-dealkylation sites (tertiary alicyclic amines) is 1. The smallest absolute Gasteiger partial charge is 0.246 e. The summed E-state index contributed by atoms with van der Waals surface area (Å²) in [4.78, 5) is 14.0. The summed E-state index contributed by atoms with van der Waals surface area (Å²) in [6, 6.07) is 3.45.